The first-order valence-electron chi connectivity index (χ1n) is 9.40. The highest BCUT2D eigenvalue weighted by molar-refractivity contribution is 5.85. The smallest absolute Gasteiger partial charge is 0.167 e. The molecule has 2 aliphatic rings. The van der Waals surface area contributed by atoms with Crippen LogP contribution >= 0.6 is 24.8 Å². The molecule has 0 radical (unpaired) electrons. The van der Waals surface area contributed by atoms with Crippen LogP contribution in [-0.2, 0) is 0 Å². The summed E-state index contributed by atoms with van der Waals surface area (Å²) in [4.78, 5) is 2.62. The molecule has 1 aromatic heterocycles. The Hall–Kier alpha value is -1.48. The van der Waals surface area contributed by atoms with Crippen molar-refractivity contribution in [2.24, 2.45) is 5.92 Å². The third-order valence-electron chi connectivity index (χ3n) is 5.49. The number of ether oxygens (including phenoxy) is 1. The van der Waals surface area contributed by atoms with Crippen molar-refractivity contribution in [3.63, 3.8) is 0 Å². The van der Waals surface area contributed by atoms with Gasteiger partial charge < -0.3 is 10.1 Å². The Kier molecular flexibility index (Phi) is 8.88. The van der Waals surface area contributed by atoms with Gasteiger partial charge in [0.15, 0.2) is 11.6 Å². The first-order valence-corrected chi connectivity index (χ1v) is 9.40. The summed E-state index contributed by atoms with van der Waals surface area (Å²) in [6.45, 7) is 5.09. The van der Waals surface area contributed by atoms with Crippen molar-refractivity contribution in [1.29, 1.82) is 0 Å². The van der Waals surface area contributed by atoms with Crippen LogP contribution in [0.1, 0.15) is 25.7 Å². The van der Waals surface area contributed by atoms with Crippen molar-refractivity contribution >= 4 is 24.8 Å². The minimum atomic E-state index is -0.382. The Balaban J connectivity index is 0.00000140. The van der Waals surface area contributed by atoms with Crippen molar-refractivity contribution in [3.8, 4) is 11.4 Å². The third-order valence-corrected chi connectivity index (χ3v) is 5.49. The normalized spacial score (nSPS) is 22.8. The van der Waals surface area contributed by atoms with Gasteiger partial charge in [-0.2, -0.15) is 0 Å². The van der Waals surface area contributed by atoms with E-state index in [1.165, 1.54) is 29.9 Å². The topological polar surface area (TPSA) is 68.1 Å². The first-order chi connectivity index (χ1) is 12.8. The largest absolute Gasteiger partial charge is 0.490 e. The quantitative estimate of drug-likeness (QED) is 0.782. The SMILES string of the molecule is Cl.Cl.Fc1cc(-n2cnnn2)ccc1OC[C@H]1CC[C@H](N2CCNCC2)CC1. The Bertz CT molecular complexity index is 706. The number of hydrogen-bond acceptors (Lipinski definition) is 6. The van der Waals surface area contributed by atoms with Crippen LogP contribution in [0.4, 0.5) is 4.39 Å². The molecule has 1 saturated carbocycles. The number of rotatable bonds is 5. The van der Waals surface area contributed by atoms with Gasteiger partial charge in [-0.1, -0.05) is 0 Å². The predicted octanol–water partition coefficient (Wildman–Crippen LogP) is 2.49. The van der Waals surface area contributed by atoms with Crippen LogP contribution in [0.5, 0.6) is 5.75 Å². The fourth-order valence-electron chi connectivity index (χ4n) is 3.96. The zero-order valence-electron chi connectivity index (χ0n) is 15.7. The Morgan fingerprint density at radius 1 is 1.11 bits per heavy atom. The van der Waals surface area contributed by atoms with Gasteiger partial charge in [0.25, 0.3) is 0 Å². The molecular weight excluding hydrogens is 406 g/mol. The summed E-state index contributed by atoms with van der Waals surface area (Å²) < 4.78 is 21.5. The summed E-state index contributed by atoms with van der Waals surface area (Å²) >= 11 is 0. The first kappa shape index (κ1) is 22.8. The third kappa shape index (κ3) is 5.53. The summed E-state index contributed by atoms with van der Waals surface area (Å²) in [6, 6.07) is 5.52. The fraction of sp³-hybridized carbons (Fsp3) is 0.611. The number of aromatic nitrogens is 4. The van der Waals surface area contributed by atoms with Crippen LogP contribution in [0, 0.1) is 11.7 Å². The van der Waals surface area contributed by atoms with Crippen molar-refractivity contribution in [1.82, 2.24) is 30.4 Å². The highest BCUT2D eigenvalue weighted by Gasteiger charge is 2.27. The van der Waals surface area contributed by atoms with Gasteiger partial charge in [-0.15, -0.1) is 29.9 Å². The summed E-state index contributed by atoms with van der Waals surface area (Å²) in [5.74, 6) is 0.423. The number of hydrogen-bond donors (Lipinski definition) is 1. The van der Waals surface area contributed by atoms with E-state index in [0.29, 0.717) is 30.0 Å². The minimum absolute atomic E-state index is 0. The molecule has 0 spiro atoms. The van der Waals surface area contributed by atoms with Crippen LogP contribution in [0.2, 0.25) is 0 Å². The Morgan fingerprint density at radius 2 is 1.86 bits per heavy atom. The lowest BCUT2D eigenvalue weighted by Gasteiger charge is -2.39. The van der Waals surface area contributed by atoms with E-state index >= 15 is 0 Å². The molecule has 28 heavy (non-hydrogen) atoms. The fourth-order valence-corrected chi connectivity index (χ4v) is 3.96. The molecule has 156 valence electrons. The average molecular weight is 433 g/mol. The van der Waals surface area contributed by atoms with E-state index in [4.69, 9.17) is 4.74 Å². The standard InChI is InChI=1S/C18H25FN6O.2ClH/c19-17-11-16(25-13-21-22-23-25)5-6-18(17)26-12-14-1-3-15(4-2-14)24-9-7-20-8-10-24;;/h5-6,11,13-15,20H,1-4,7-10,12H2;2*1H/t14-,15-;;. The van der Waals surface area contributed by atoms with Gasteiger partial charge in [0.2, 0.25) is 0 Å². The minimum Gasteiger partial charge on any atom is -0.490 e. The molecule has 0 atom stereocenters. The lowest BCUT2D eigenvalue weighted by atomic mass is 9.85. The monoisotopic (exact) mass is 432 g/mol. The molecule has 1 N–H and O–H groups in total. The van der Waals surface area contributed by atoms with Gasteiger partial charge in [0, 0.05) is 38.3 Å². The zero-order valence-corrected chi connectivity index (χ0v) is 17.3. The summed E-state index contributed by atoms with van der Waals surface area (Å²) in [5.41, 5.74) is 0.580. The lowest BCUT2D eigenvalue weighted by Crippen LogP contribution is -2.49. The van der Waals surface area contributed by atoms with E-state index in [1.807, 2.05) is 0 Å². The second-order valence-corrected chi connectivity index (χ2v) is 7.14. The van der Waals surface area contributed by atoms with E-state index in [-0.39, 0.29) is 30.6 Å². The molecule has 10 heteroatoms. The predicted molar refractivity (Wildman–Crippen MR) is 109 cm³/mol. The van der Waals surface area contributed by atoms with Crippen LogP contribution in [0.15, 0.2) is 24.5 Å². The molecule has 4 rings (SSSR count). The van der Waals surface area contributed by atoms with Crippen LogP contribution in [0.25, 0.3) is 5.69 Å². The van der Waals surface area contributed by atoms with E-state index in [1.54, 1.807) is 12.1 Å². The molecule has 7 nitrogen and oxygen atoms in total. The van der Waals surface area contributed by atoms with Gasteiger partial charge in [-0.3, -0.25) is 4.90 Å². The molecule has 1 aromatic carbocycles. The maximum atomic E-state index is 14.3. The second-order valence-electron chi connectivity index (χ2n) is 7.14. The summed E-state index contributed by atoms with van der Waals surface area (Å²) in [6.07, 6.45) is 6.17. The van der Waals surface area contributed by atoms with Crippen LogP contribution < -0.4 is 10.1 Å². The highest BCUT2D eigenvalue weighted by atomic mass is 35.5. The number of nitrogens with one attached hydrogen (secondary N) is 1. The van der Waals surface area contributed by atoms with Crippen molar-refractivity contribution in [3.05, 3.63) is 30.3 Å². The van der Waals surface area contributed by atoms with E-state index in [9.17, 15) is 4.39 Å². The molecule has 2 heterocycles. The van der Waals surface area contributed by atoms with Gasteiger partial charge in [-0.05, 0) is 54.2 Å². The molecule has 2 aromatic rings. The molecule has 1 saturated heterocycles. The Morgan fingerprint density at radius 3 is 2.50 bits per heavy atom. The van der Waals surface area contributed by atoms with E-state index in [2.05, 4.69) is 25.7 Å². The van der Waals surface area contributed by atoms with Crippen molar-refractivity contribution in [2.75, 3.05) is 32.8 Å². The van der Waals surface area contributed by atoms with Crippen molar-refractivity contribution in [2.45, 2.75) is 31.7 Å². The lowest BCUT2D eigenvalue weighted by molar-refractivity contribution is 0.105. The summed E-state index contributed by atoms with van der Waals surface area (Å²) in [7, 11) is 0. The second kappa shape index (κ2) is 10.9. The van der Waals surface area contributed by atoms with Gasteiger partial charge >= 0.3 is 0 Å². The van der Waals surface area contributed by atoms with Crippen molar-refractivity contribution < 1.29 is 9.13 Å². The number of benzene rings is 1. The van der Waals surface area contributed by atoms with E-state index < -0.39 is 0 Å². The number of nitrogens with zero attached hydrogens (tertiary/aromatic N) is 5. The maximum Gasteiger partial charge on any atom is 0.167 e. The van der Waals surface area contributed by atoms with Gasteiger partial charge in [0.05, 0.1) is 12.3 Å². The van der Waals surface area contributed by atoms with Crippen LogP contribution in [-0.4, -0.2) is 63.9 Å². The molecular formula is C18H27Cl2FN6O. The number of piperazine rings is 1. The van der Waals surface area contributed by atoms with Gasteiger partial charge in [0.1, 0.15) is 6.33 Å². The highest BCUT2D eigenvalue weighted by Crippen LogP contribution is 2.29. The molecule has 1 aliphatic carbocycles. The average Bonchev–Trinajstić information content (AvgIpc) is 3.23. The molecule has 0 amide bonds. The zero-order chi connectivity index (χ0) is 17.8. The number of tetrazole rings is 1. The van der Waals surface area contributed by atoms with Crippen LogP contribution in [0.3, 0.4) is 0 Å². The summed E-state index contributed by atoms with van der Waals surface area (Å²) in [5, 5.41) is 14.3. The number of halogens is 3. The van der Waals surface area contributed by atoms with E-state index in [0.717, 1.165) is 39.0 Å². The van der Waals surface area contributed by atoms with Gasteiger partial charge in [-0.25, -0.2) is 9.07 Å². The molecule has 0 unspecified atom stereocenters. The molecule has 1 aliphatic heterocycles. The maximum absolute atomic E-state index is 14.3. The molecule has 0 bridgehead atoms. The Labute approximate surface area is 176 Å². The molecule has 2 fully saturated rings.